The molecule has 2 atom stereocenters. The lowest BCUT2D eigenvalue weighted by atomic mass is 9.98. The number of rotatable bonds is 5. The molecular formula is C17H29N3. The molecule has 0 amide bonds. The van der Waals surface area contributed by atoms with Gasteiger partial charge in [-0.3, -0.25) is 0 Å². The molecule has 1 aliphatic heterocycles. The summed E-state index contributed by atoms with van der Waals surface area (Å²) in [6.45, 7) is 4.57. The van der Waals surface area contributed by atoms with Crippen molar-refractivity contribution in [3.63, 3.8) is 0 Å². The van der Waals surface area contributed by atoms with Gasteiger partial charge in [-0.25, -0.2) is 0 Å². The molecule has 1 N–H and O–H groups in total. The molecular weight excluding hydrogens is 246 g/mol. The van der Waals surface area contributed by atoms with Crippen LogP contribution in [0.4, 0.5) is 5.69 Å². The van der Waals surface area contributed by atoms with Crippen LogP contribution in [0.5, 0.6) is 0 Å². The van der Waals surface area contributed by atoms with E-state index >= 15 is 0 Å². The Morgan fingerprint density at radius 3 is 2.75 bits per heavy atom. The minimum absolute atomic E-state index is 0.450. The Balaban J connectivity index is 2.23. The molecule has 0 saturated carbocycles. The number of para-hydroxylation sites is 1. The number of benzene rings is 1. The van der Waals surface area contributed by atoms with Crippen LogP contribution >= 0.6 is 0 Å². The number of hydrogen-bond donors (Lipinski definition) is 1. The van der Waals surface area contributed by atoms with E-state index in [1.165, 1.54) is 30.6 Å². The number of hydrogen-bond acceptors (Lipinski definition) is 3. The lowest BCUT2D eigenvalue weighted by Gasteiger charge is -2.39. The molecule has 1 heterocycles. The van der Waals surface area contributed by atoms with Crippen molar-refractivity contribution < 1.29 is 0 Å². The summed E-state index contributed by atoms with van der Waals surface area (Å²) >= 11 is 0. The maximum absolute atomic E-state index is 3.44. The monoisotopic (exact) mass is 275 g/mol. The Hall–Kier alpha value is -1.06. The Morgan fingerprint density at radius 1 is 1.35 bits per heavy atom. The van der Waals surface area contributed by atoms with Crippen molar-refractivity contribution in [3.8, 4) is 0 Å². The number of piperidine rings is 1. The first-order chi connectivity index (χ1) is 9.67. The van der Waals surface area contributed by atoms with Crippen LogP contribution in [0.15, 0.2) is 24.3 Å². The van der Waals surface area contributed by atoms with Crippen LogP contribution in [0.3, 0.4) is 0 Å². The third kappa shape index (κ3) is 3.33. The van der Waals surface area contributed by atoms with Crippen LogP contribution in [0.25, 0.3) is 0 Å². The second kappa shape index (κ2) is 7.09. The molecule has 1 aromatic carbocycles. The van der Waals surface area contributed by atoms with Crippen molar-refractivity contribution in [2.24, 2.45) is 0 Å². The topological polar surface area (TPSA) is 18.5 Å². The van der Waals surface area contributed by atoms with Gasteiger partial charge in [0.05, 0.1) is 0 Å². The molecule has 2 unspecified atom stereocenters. The van der Waals surface area contributed by atoms with Crippen LogP contribution < -0.4 is 10.2 Å². The smallest absolute Gasteiger partial charge is 0.0415 e. The van der Waals surface area contributed by atoms with Gasteiger partial charge in [-0.2, -0.15) is 0 Å². The molecule has 3 heteroatoms. The minimum Gasteiger partial charge on any atom is -0.370 e. The maximum atomic E-state index is 3.44. The van der Waals surface area contributed by atoms with E-state index in [-0.39, 0.29) is 0 Å². The summed E-state index contributed by atoms with van der Waals surface area (Å²) in [5.74, 6) is 0. The van der Waals surface area contributed by atoms with E-state index < -0.39 is 0 Å². The second-order valence-electron chi connectivity index (χ2n) is 6.01. The third-order valence-electron chi connectivity index (χ3n) is 4.54. The van der Waals surface area contributed by atoms with Crippen LogP contribution in [-0.4, -0.2) is 45.2 Å². The average molecular weight is 275 g/mol. The summed E-state index contributed by atoms with van der Waals surface area (Å²) in [4.78, 5) is 4.94. The molecule has 0 aliphatic carbocycles. The first kappa shape index (κ1) is 15.3. The number of nitrogens with zero attached hydrogens (tertiary/aromatic N) is 2. The molecule has 112 valence electrons. The number of anilines is 1. The zero-order valence-electron chi connectivity index (χ0n) is 13.4. The van der Waals surface area contributed by atoms with Crippen molar-refractivity contribution in [1.82, 2.24) is 10.2 Å². The van der Waals surface area contributed by atoms with Crippen molar-refractivity contribution >= 4 is 5.69 Å². The highest BCUT2D eigenvalue weighted by molar-refractivity contribution is 5.55. The zero-order valence-corrected chi connectivity index (χ0v) is 13.4. The van der Waals surface area contributed by atoms with E-state index in [1.54, 1.807) is 0 Å². The summed E-state index contributed by atoms with van der Waals surface area (Å²) in [6, 6.07) is 10.0. The summed E-state index contributed by atoms with van der Waals surface area (Å²) in [5.41, 5.74) is 2.86. The van der Waals surface area contributed by atoms with Gasteiger partial charge in [0.25, 0.3) is 0 Å². The fourth-order valence-corrected chi connectivity index (χ4v) is 3.24. The molecule has 3 nitrogen and oxygen atoms in total. The summed E-state index contributed by atoms with van der Waals surface area (Å²) in [6.07, 6.45) is 3.72. The van der Waals surface area contributed by atoms with Crippen LogP contribution in [0, 0.1) is 0 Å². The molecule has 0 spiro atoms. The van der Waals surface area contributed by atoms with Crippen LogP contribution in [0.1, 0.15) is 37.8 Å². The van der Waals surface area contributed by atoms with E-state index in [0.29, 0.717) is 12.1 Å². The maximum Gasteiger partial charge on any atom is 0.0415 e. The predicted molar refractivity (Wildman–Crippen MR) is 87.5 cm³/mol. The average Bonchev–Trinajstić information content (AvgIpc) is 2.49. The number of nitrogens with one attached hydrogen (secondary N) is 1. The zero-order chi connectivity index (χ0) is 14.5. The van der Waals surface area contributed by atoms with Gasteiger partial charge in [0, 0.05) is 30.9 Å². The normalized spacial score (nSPS) is 21.2. The van der Waals surface area contributed by atoms with Gasteiger partial charge >= 0.3 is 0 Å². The molecule has 1 aromatic rings. The van der Waals surface area contributed by atoms with Crippen molar-refractivity contribution in [3.05, 3.63) is 29.8 Å². The minimum atomic E-state index is 0.450. The number of likely N-dealkylation sites (N-methyl/N-ethyl adjacent to an activating group) is 1. The highest BCUT2D eigenvalue weighted by Crippen LogP contribution is 2.30. The van der Waals surface area contributed by atoms with E-state index in [2.05, 4.69) is 67.4 Å². The van der Waals surface area contributed by atoms with E-state index in [9.17, 15) is 0 Å². The third-order valence-corrected chi connectivity index (χ3v) is 4.54. The van der Waals surface area contributed by atoms with E-state index in [4.69, 9.17) is 0 Å². The Labute approximate surface area is 124 Å². The van der Waals surface area contributed by atoms with E-state index in [0.717, 1.165) is 13.0 Å². The van der Waals surface area contributed by atoms with Gasteiger partial charge in [-0.1, -0.05) is 25.1 Å². The summed E-state index contributed by atoms with van der Waals surface area (Å²) in [5, 5.41) is 3.44. The molecule has 0 aromatic heterocycles. The molecule has 0 bridgehead atoms. The molecule has 1 saturated heterocycles. The lowest BCUT2D eigenvalue weighted by Crippen LogP contribution is -2.45. The SMILES string of the molecule is CCC(NC)c1ccccc1N1CCCC(N(C)C)C1. The first-order valence-electron chi connectivity index (χ1n) is 7.85. The fourth-order valence-electron chi connectivity index (χ4n) is 3.24. The van der Waals surface area contributed by atoms with Gasteiger partial charge < -0.3 is 15.1 Å². The highest BCUT2D eigenvalue weighted by Gasteiger charge is 2.24. The molecule has 1 aliphatic rings. The van der Waals surface area contributed by atoms with Gasteiger partial charge in [-0.15, -0.1) is 0 Å². The molecule has 0 radical (unpaired) electrons. The van der Waals surface area contributed by atoms with Crippen LogP contribution in [-0.2, 0) is 0 Å². The largest absolute Gasteiger partial charge is 0.370 e. The molecule has 20 heavy (non-hydrogen) atoms. The highest BCUT2D eigenvalue weighted by atomic mass is 15.2. The summed E-state index contributed by atoms with van der Waals surface area (Å²) < 4.78 is 0. The lowest BCUT2D eigenvalue weighted by molar-refractivity contribution is 0.258. The first-order valence-corrected chi connectivity index (χ1v) is 7.85. The van der Waals surface area contributed by atoms with Gasteiger partial charge in [0.1, 0.15) is 0 Å². The molecule has 1 fully saturated rings. The van der Waals surface area contributed by atoms with Crippen molar-refractivity contribution in [2.75, 3.05) is 39.1 Å². The van der Waals surface area contributed by atoms with Gasteiger partial charge in [-0.05, 0) is 52.0 Å². The summed E-state index contributed by atoms with van der Waals surface area (Å²) in [7, 11) is 6.45. The Morgan fingerprint density at radius 2 is 2.10 bits per heavy atom. The predicted octanol–water partition coefficient (Wildman–Crippen LogP) is 2.89. The Bertz CT molecular complexity index is 412. The van der Waals surface area contributed by atoms with Gasteiger partial charge in [0.2, 0.25) is 0 Å². The second-order valence-corrected chi connectivity index (χ2v) is 6.01. The molecule has 2 rings (SSSR count). The van der Waals surface area contributed by atoms with Crippen molar-refractivity contribution in [1.29, 1.82) is 0 Å². The fraction of sp³-hybridized carbons (Fsp3) is 0.647. The standard InChI is InChI=1S/C17H29N3/c1-5-16(18-2)15-10-6-7-11-17(15)20-12-8-9-14(13-20)19(3)4/h6-7,10-11,14,16,18H,5,8-9,12-13H2,1-4H3. The Kier molecular flexibility index (Phi) is 5.44. The van der Waals surface area contributed by atoms with E-state index in [1.807, 2.05) is 0 Å². The van der Waals surface area contributed by atoms with Gasteiger partial charge in [0.15, 0.2) is 0 Å². The van der Waals surface area contributed by atoms with Crippen LogP contribution in [0.2, 0.25) is 0 Å². The van der Waals surface area contributed by atoms with Crippen molar-refractivity contribution in [2.45, 2.75) is 38.3 Å². The quantitative estimate of drug-likeness (QED) is 0.891.